The van der Waals surface area contributed by atoms with Gasteiger partial charge in [-0.2, -0.15) is 0 Å². The molecule has 0 spiro atoms. The third kappa shape index (κ3) is 4.09. The quantitative estimate of drug-likeness (QED) is 0.587. The minimum atomic E-state index is -0.346. The molecule has 0 saturated heterocycles. The van der Waals surface area contributed by atoms with Crippen molar-refractivity contribution >= 4 is 5.97 Å². The molecule has 0 fully saturated rings. The Hall–Kier alpha value is -2.29. The van der Waals surface area contributed by atoms with Crippen molar-refractivity contribution in [2.75, 3.05) is 7.11 Å². The summed E-state index contributed by atoms with van der Waals surface area (Å²) in [5, 5.41) is 0. The zero-order valence-corrected chi connectivity index (χ0v) is 12.5. The summed E-state index contributed by atoms with van der Waals surface area (Å²) in [5.74, 6) is 1.02. The van der Waals surface area contributed by atoms with Gasteiger partial charge in [0.2, 0.25) is 0 Å². The lowest BCUT2D eigenvalue weighted by Crippen LogP contribution is -2.09. The van der Waals surface area contributed by atoms with Crippen LogP contribution < -0.4 is 9.47 Å². The fourth-order valence-electron chi connectivity index (χ4n) is 2.06. The van der Waals surface area contributed by atoms with E-state index in [0.717, 1.165) is 30.6 Å². The first-order chi connectivity index (χ1) is 10.2. The molecule has 0 radical (unpaired) electrons. The summed E-state index contributed by atoms with van der Waals surface area (Å²) in [6.45, 7) is 2.14. The number of unbranched alkanes of at least 4 members (excludes halogenated alkanes) is 1. The lowest BCUT2D eigenvalue weighted by Gasteiger charge is -2.10. The second kappa shape index (κ2) is 7.48. The second-order valence-corrected chi connectivity index (χ2v) is 4.83. The highest BCUT2D eigenvalue weighted by Crippen LogP contribution is 2.22. The molecule has 0 unspecified atom stereocenters. The summed E-state index contributed by atoms with van der Waals surface area (Å²) in [6.07, 6.45) is 3.11. The first-order valence-electron chi connectivity index (χ1n) is 7.18. The monoisotopic (exact) mass is 284 g/mol. The molecule has 0 amide bonds. The van der Waals surface area contributed by atoms with Crippen LogP contribution in [0.25, 0.3) is 0 Å². The summed E-state index contributed by atoms with van der Waals surface area (Å²) in [5.41, 5.74) is 1.59. The number of benzene rings is 2. The van der Waals surface area contributed by atoms with Crippen LogP contribution in [-0.4, -0.2) is 13.1 Å². The molecule has 0 aliphatic rings. The molecule has 0 aliphatic heterocycles. The molecule has 2 aromatic carbocycles. The van der Waals surface area contributed by atoms with Crippen LogP contribution >= 0.6 is 0 Å². The van der Waals surface area contributed by atoms with Crippen molar-refractivity contribution < 1.29 is 14.3 Å². The van der Waals surface area contributed by atoms with Gasteiger partial charge in [0, 0.05) is 0 Å². The van der Waals surface area contributed by atoms with Gasteiger partial charge in [-0.15, -0.1) is 0 Å². The number of aryl methyl sites for hydroxylation is 1. The summed E-state index contributed by atoms with van der Waals surface area (Å²) < 4.78 is 10.6. The van der Waals surface area contributed by atoms with Crippen LogP contribution in [0.2, 0.25) is 0 Å². The molecular weight excluding hydrogens is 264 g/mol. The average molecular weight is 284 g/mol. The molecule has 0 aliphatic carbocycles. The molecule has 3 heteroatoms. The fourth-order valence-corrected chi connectivity index (χ4v) is 2.06. The lowest BCUT2D eigenvalue weighted by molar-refractivity contribution is 0.0733. The van der Waals surface area contributed by atoms with E-state index in [1.807, 2.05) is 24.3 Å². The van der Waals surface area contributed by atoms with E-state index in [-0.39, 0.29) is 5.97 Å². The van der Waals surface area contributed by atoms with Crippen LogP contribution in [0.5, 0.6) is 11.5 Å². The maximum absolute atomic E-state index is 12.2. The molecule has 0 aromatic heterocycles. The van der Waals surface area contributed by atoms with Crippen molar-refractivity contribution in [3.63, 3.8) is 0 Å². The van der Waals surface area contributed by atoms with Crippen molar-refractivity contribution in [3.05, 3.63) is 59.7 Å². The molecular formula is C18H20O3. The van der Waals surface area contributed by atoms with Crippen LogP contribution in [0.3, 0.4) is 0 Å². The Kier molecular flexibility index (Phi) is 5.38. The van der Waals surface area contributed by atoms with Gasteiger partial charge in [-0.3, -0.25) is 0 Å². The number of methoxy groups -OCH3 is 1. The Morgan fingerprint density at radius 3 is 2.43 bits per heavy atom. The van der Waals surface area contributed by atoms with Crippen molar-refractivity contribution in [3.8, 4) is 11.5 Å². The Labute approximate surface area is 125 Å². The van der Waals surface area contributed by atoms with E-state index < -0.39 is 0 Å². The molecule has 110 valence electrons. The molecule has 0 atom stereocenters. The smallest absolute Gasteiger partial charge is 0.343 e. The first kappa shape index (κ1) is 15.1. The molecule has 0 N–H and O–H groups in total. The average Bonchev–Trinajstić information content (AvgIpc) is 2.54. The fraction of sp³-hybridized carbons (Fsp3) is 0.278. The van der Waals surface area contributed by atoms with E-state index in [0.29, 0.717) is 11.3 Å². The summed E-state index contributed by atoms with van der Waals surface area (Å²) in [4.78, 5) is 12.2. The number of hydrogen-bond acceptors (Lipinski definition) is 3. The number of hydrogen-bond donors (Lipinski definition) is 0. The number of carbonyl (C=O) groups excluding carboxylic acids is 1. The topological polar surface area (TPSA) is 35.5 Å². The van der Waals surface area contributed by atoms with E-state index in [1.165, 1.54) is 0 Å². The minimum Gasteiger partial charge on any atom is -0.497 e. The van der Waals surface area contributed by atoms with Crippen LogP contribution in [0.15, 0.2) is 48.5 Å². The van der Waals surface area contributed by atoms with Gasteiger partial charge in [0.1, 0.15) is 11.5 Å². The van der Waals surface area contributed by atoms with Crippen molar-refractivity contribution in [1.82, 2.24) is 0 Å². The van der Waals surface area contributed by atoms with Gasteiger partial charge in [-0.05, 0) is 48.7 Å². The Bertz CT molecular complexity index is 588. The SMILES string of the molecule is CCCCc1ccccc1OC(=O)c1ccc(OC)cc1. The third-order valence-electron chi connectivity index (χ3n) is 3.30. The molecule has 0 bridgehead atoms. The van der Waals surface area contributed by atoms with Crippen molar-refractivity contribution in [2.24, 2.45) is 0 Å². The predicted octanol–water partition coefficient (Wildman–Crippen LogP) is 4.26. The molecule has 2 aromatic rings. The highest BCUT2D eigenvalue weighted by Gasteiger charge is 2.11. The van der Waals surface area contributed by atoms with Crippen molar-refractivity contribution in [2.45, 2.75) is 26.2 Å². The zero-order valence-electron chi connectivity index (χ0n) is 12.5. The standard InChI is InChI=1S/C18H20O3/c1-3-4-7-14-8-5-6-9-17(14)21-18(19)15-10-12-16(20-2)13-11-15/h5-6,8-13H,3-4,7H2,1-2H3. The number of para-hydroxylation sites is 1. The maximum atomic E-state index is 12.2. The molecule has 0 heterocycles. The molecule has 21 heavy (non-hydrogen) atoms. The Balaban J connectivity index is 2.11. The van der Waals surface area contributed by atoms with E-state index in [9.17, 15) is 4.79 Å². The van der Waals surface area contributed by atoms with E-state index >= 15 is 0 Å². The van der Waals surface area contributed by atoms with Gasteiger partial charge in [0.05, 0.1) is 12.7 Å². The van der Waals surface area contributed by atoms with Crippen molar-refractivity contribution in [1.29, 1.82) is 0 Å². The third-order valence-corrected chi connectivity index (χ3v) is 3.30. The maximum Gasteiger partial charge on any atom is 0.343 e. The number of rotatable bonds is 6. The van der Waals surface area contributed by atoms with Gasteiger partial charge in [-0.1, -0.05) is 31.5 Å². The number of esters is 1. The van der Waals surface area contributed by atoms with Gasteiger partial charge < -0.3 is 9.47 Å². The zero-order chi connectivity index (χ0) is 15.1. The largest absolute Gasteiger partial charge is 0.497 e. The normalized spacial score (nSPS) is 10.2. The highest BCUT2D eigenvalue weighted by molar-refractivity contribution is 5.91. The van der Waals surface area contributed by atoms with Crippen LogP contribution in [0, 0.1) is 0 Å². The van der Waals surface area contributed by atoms with Gasteiger partial charge in [-0.25, -0.2) is 4.79 Å². The van der Waals surface area contributed by atoms with Crippen LogP contribution in [0.4, 0.5) is 0 Å². The molecule has 3 nitrogen and oxygen atoms in total. The number of ether oxygens (including phenoxy) is 2. The molecule has 2 rings (SSSR count). The predicted molar refractivity (Wildman–Crippen MR) is 83.0 cm³/mol. The highest BCUT2D eigenvalue weighted by atomic mass is 16.5. The van der Waals surface area contributed by atoms with Crippen LogP contribution in [0.1, 0.15) is 35.7 Å². The second-order valence-electron chi connectivity index (χ2n) is 4.83. The minimum absolute atomic E-state index is 0.346. The van der Waals surface area contributed by atoms with E-state index in [4.69, 9.17) is 9.47 Å². The Morgan fingerprint density at radius 2 is 1.76 bits per heavy atom. The van der Waals surface area contributed by atoms with E-state index in [2.05, 4.69) is 6.92 Å². The Morgan fingerprint density at radius 1 is 1.05 bits per heavy atom. The first-order valence-corrected chi connectivity index (χ1v) is 7.18. The number of carbonyl (C=O) groups is 1. The van der Waals surface area contributed by atoms with Gasteiger partial charge in [0.15, 0.2) is 0 Å². The van der Waals surface area contributed by atoms with Gasteiger partial charge >= 0.3 is 5.97 Å². The van der Waals surface area contributed by atoms with E-state index in [1.54, 1.807) is 31.4 Å². The summed E-state index contributed by atoms with van der Waals surface area (Å²) >= 11 is 0. The summed E-state index contributed by atoms with van der Waals surface area (Å²) in [6, 6.07) is 14.6. The molecule has 0 saturated carbocycles. The summed E-state index contributed by atoms with van der Waals surface area (Å²) in [7, 11) is 1.59. The van der Waals surface area contributed by atoms with Crippen LogP contribution in [-0.2, 0) is 6.42 Å². The lowest BCUT2D eigenvalue weighted by atomic mass is 10.1. The van der Waals surface area contributed by atoms with Gasteiger partial charge in [0.25, 0.3) is 0 Å².